The number of aliphatic imine (C=N–C) groups is 1. The Morgan fingerprint density at radius 3 is 2.22 bits per heavy atom. The van der Waals surface area contributed by atoms with Crippen LogP contribution in [0.15, 0.2) is 4.99 Å². The minimum atomic E-state index is 0. The second-order valence-corrected chi connectivity index (χ2v) is 5.72. The molecule has 2 N–H and O–H groups in total. The van der Waals surface area contributed by atoms with Crippen molar-refractivity contribution in [1.82, 2.24) is 15.5 Å². The largest absolute Gasteiger partial charge is 0.382 e. The number of ether oxygens (including phenoxy) is 2. The van der Waals surface area contributed by atoms with Gasteiger partial charge in [0.25, 0.3) is 0 Å². The first-order chi connectivity index (χ1) is 10.5. The maximum Gasteiger partial charge on any atom is 0.191 e. The third-order valence-electron chi connectivity index (χ3n) is 3.27. The molecule has 0 fully saturated rings. The lowest BCUT2D eigenvalue weighted by Gasteiger charge is -2.29. The third kappa shape index (κ3) is 14.0. The van der Waals surface area contributed by atoms with Crippen molar-refractivity contribution in [1.29, 1.82) is 0 Å². The Morgan fingerprint density at radius 2 is 1.70 bits per heavy atom. The van der Waals surface area contributed by atoms with E-state index in [0.717, 1.165) is 32.1 Å². The first-order valence-corrected chi connectivity index (χ1v) is 8.37. The number of guanidine groups is 1. The standard InChI is InChI=1S/C16H36N4O2.HI/c1-7-17-16(19-9-11-22-13-12-21-6)18-8-10-20(14(2)3)15(4)5;/h14-15H,7-13H2,1-6H3,(H2,17,18,19);1H. The first-order valence-electron chi connectivity index (χ1n) is 8.37. The normalized spacial score (nSPS) is 12.0. The summed E-state index contributed by atoms with van der Waals surface area (Å²) < 4.78 is 10.4. The van der Waals surface area contributed by atoms with Gasteiger partial charge < -0.3 is 20.1 Å². The van der Waals surface area contributed by atoms with E-state index in [1.54, 1.807) is 7.11 Å². The highest BCUT2D eigenvalue weighted by Gasteiger charge is 2.12. The fourth-order valence-electron chi connectivity index (χ4n) is 2.22. The van der Waals surface area contributed by atoms with Gasteiger partial charge in [0.05, 0.1) is 26.4 Å². The molecule has 0 bridgehead atoms. The fraction of sp³-hybridized carbons (Fsp3) is 0.938. The highest BCUT2D eigenvalue weighted by atomic mass is 127. The van der Waals surface area contributed by atoms with Crippen LogP contribution in [0.2, 0.25) is 0 Å². The maximum absolute atomic E-state index is 5.43. The minimum Gasteiger partial charge on any atom is -0.382 e. The molecule has 0 aliphatic rings. The molecule has 0 unspecified atom stereocenters. The van der Waals surface area contributed by atoms with E-state index in [2.05, 4.69) is 55.1 Å². The summed E-state index contributed by atoms with van der Waals surface area (Å²) in [5.74, 6) is 0.852. The molecule has 0 aromatic rings. The van der Waals surface area contributed by atoms with Gasteiger partial charge in [-0.25, -0.2) is 0 Å². The van der Waals surface area contributed by atoms with Crippen LogP contribution in [0.3, 0.4) is 0 Å². The zero-order chi connectivity index (χ0) is 16.8. The average Bonchev–Trinajstić information content (AvgIpc) is 2.46. The molecule has 0 radical (unpaired) electrons. The number of nitrogens with one attached hydrogen (secondary N) is 2. The predicted octanol–water partition coefficient (Wildman–Crippen LogP) is 1.94. The van der Waals surface area contributed by atoms with Crippen molar-refractivity contribution in [2.75, 3.05) is 53.1 Å². The molecule has 0 aromatic heterocycles. The van der Waals surface area contributed by atoms with Gasteiger partial charge >= 0.3 is 0 Å². The summed E-state index contributed by atoms with van der Waals surface area (Å²) in [6.45, 7) is 16.2. The molecular weight excluding hydrogens is 407 g/mol. The fourth-order valence-corrected chi connectivity index (χ4v) is 2.22. The lowest BCUT2D eigenvalue weighted by atomic mass is 10.2. The zero-order valence-corrected chi connectivity index (χ0v) is 18.1. The third-order valence-corrected chi connectivity index (χ3v) is 3.27. The molecule has 6 nitrogen and oxygen atoms in total. The Morgan fingerprint density at radius 1 is 1.04 bits per heavy atom. The molecular formula is C16H37IN4O2. The van der Waals surface area contributed by atoms with Gasteiger partial charge in [0, 0.05) is 38.8 Å². The van der Waals surface area contributed by atoms with Gasteiger partial charge in [-0.05, 0) is 34.6 Å². The molecule has 0 saturated heterocycles. The molecule has 0 amide bonds. The molecule has 0 heterocycles. The van der Waals surface area contributed by atoms with Gasteiger partial charge in [0.1, 0.15) is 0 Å². The second kappa shape index (κ2) is 16.7. The molecule has 0 aliphatic heterocycles. The van der Waals surface area contributed by atoms with Crippen LogP contribution in [0.25, 0.3) is 0 Å². The van der Waals surface area contributed by atoms with Crippen LogP contribution < -0.4 is 10.6 Å². The van der Waals surface area contributed by atoms with Crippen molar-refractivity contribution < 1.29 is 9.47 Å². The number of methoxy groups -OCH3 is 1. The molecule has 0 aromatic carbocycles. The Bertz CT molecular complexity index is 281. The van der Waals surface area contributed by atoms with Crippen molar-refractivity contribution >= 4 is 29.9 Å². The van der Waals surface area contributed by atoms with Crippen LogP contribution in [0.1, 0.15) is 34.6 Å². The average molecular weight is 444 g/mol. The Kier molecular flexibility index (Phi) is 18.3. The number of rotatable bonds is 12. The highest BCUT2D eigenvalue weighted by molar-refractivity contribution is 14.0. The van der Waals surface area contributed by atoms with E-state index in [4.69, 9.17) is 9.47 Å². The number of halogens is 1. The van der Waals surface area contributed by atoms with Crippen LogP contribution in [0.5, 0.6) is 0 Å². The number of nitrogens with zero attached hydrogens (tertiary/aromatic N) is 2. The van der Waals surface area contributed by atoms with Gasteiger partial charge in [-0.2, -0.15) is 0 Å². The molecule has 0 spiro atoms. The summed E-state index contributed by atoms with van der Waals surface area (Å²) in [7, 11) is 1.68. The molecule has 0 rings (SSSR count). The van der Waals surface area contributed by atoms with Crippen molar-refractivity contribution in [2.45, 2.75) is 46.7 Å². The van der Waals surface area contributed by atoms with Gasteiger partial charge in [-0.3, -0.25) is 9.89 Å². The van der Waals surface area contributed by atoms with E-state index >= 15 is 0 Å². The van der Waals surface area contributed by atoms with Crippen LogP contribution >= 0.6 is 24.0 Å². The molecule has 0 atom stereocenters. The van der Waals surface area contributed by atoms with E-state index in [-0.39, 0.29) is 24.0 Å². The summed E-state index contributed by atoms with van der Waals surface area (Å²) in [6, 6.07) is 1.08. The van der Waals surface area contributed by atoms with Crippen molar-refractivity contribution in [3.63, 3.8) is 0 Å². The summed E-state index contributed by atoms with van der Waals surface area (Å²) in [5, 5.41) is 6.54. The van der Waals surface area contributed by atoms with Crippen LogP contribution in [0.4, 0.5) is 0 Å². The van der Waals surface area contributed by atoms with E-state index < -0.39 is 0 Å². The lowest BCUT2D eigenvalue weighted by molar-refractivity contribution is 0.0733. The first kappa shape index (κ1) is 25.1. The monoisotopic (exact) mass is 444 g/mol. The Balaban J connectivity index is 0. The second-order valence-electron chi connectivity index (χ2n) is 5.72. The van der Waals surface area contributed by atoms with Gasteiger partial charge in [0.2, 0.25) is 0 Å². The van der Waals surface area contributed by atoms with Crippen molar-refractivity contribution in [2.24, 2.45) is 4.99 Å². The predicted molar refractivity (Wildman–Crippen MR) is 109 cm³/mol. The SMILES string of the molecule is CCNC(=NCCN(C(C)C)C(C)C)NCCOCCOC.I. The minimum absolute atomic E-state index is 0. The maximum atomic E-state index is 5.43. The topological polar surface area (TPSA) is 58.1 Å². The Hall–Kier alpha value is -0.120. The highest BCUT2D eigenvalue weighted by Crippen LogP contribution is 2.03. The van der Waals surface area contributed by atoms with Crippen molar-refractivity contribution in [3.05, 3.63) is 0 Å². The van der Waals surface area contributed by atoms with Gasteiger partial charge in [-0.1, -0.05) is 0 Å². The summed E-state index contributed by atoms with van der Waals surface area (Å²) in [5.41, 5.74) is 0. The summed E-state index contributed by atoms with van der Waals surface area (Å²) >= 11 is 0. The lowest BCUT2D eigenvalue weighted by Crippen LogP contribution is -2.41. The van der Waals surface area contributed by atoms with Gasteiger partial charge in [-0.15, -0.1) is 24.0 Å². The molecule has 7 heteroatoms. The van der Waals surface area contributed by atoms with Crippen LogP contribution in [0, 0.1) is 0 Å². The van der Waals surface area contributed by atoms with Crippen molar-refractivity contribution in [3.8, 4) is 0 Å². The van der Waals surface area contributed by atoms with Crippen LogP contribution in [-0.4, -0.2) is 76.1 Å². The Labute approximate surface area is 159 Å². The van der Waals surface area contributed by atoms with E-state index in [9.17, 15) is 0 Å². The van der Waals surface area contributed by atoms with E-state index in [1.165, 1.54) is 0 Å². The molecule has 140 valence electrons. The van der Waals surface area contributed by atoms with E-state index in [0.29, 0.717) is 31.9 Å². The van der Waals surface area contributed by atoms with E-state index in [1.807, 2.05) is 0 Å². The summed E-state index contributed by atoms with van der Waals surface area (Å²) in [4.78, 5) is 7.07. The summed E-state index contributed by atoms with van der Waals surface area (Å²) in [6.07, 6.45) is 0. The van der Waals surface area contributed by atoms with Crippen LogP contribution in [-0.2, 0) is 9.47 Å². The number of hydrogen-bond acceptors (Lipinski definition) is 4. The van der Waals surface area contributed by atoms with Gasteiger partial charge in [0.15, 0.2) is 5.96 Å². The molecule has 0 saturated carbocycles. The smallest absolute Gasteiger partial charge is 0.191 e. The molecule has 23 heavy (non-hydrogen) atoms. The quantitative estimate of drug-likeness (QED) is 0.209. The zero-order valence-electron chi connectivity index (χ0n) is 15.7. The number of hydrogen-bond donors (Lipinski definition) is 2. The molecule has 0 aliphatic carbocycles.